The van der Waals surface area contributed by atoms with Crippen LogP contribution in [0.1, 0.15) is 30.7 Å². The quantitative estimate of drug-likeness (QED) is 0.352. The number of nitrogens with two attached hydrogens (primary N) is 1. The Morgan fingerprint density at radius 2 is 2.00 bits per heavy atom. The summed E-state index contributed by atoms with van der Waals surface area (Å²) in [5, 5.41) is 21.6. The third-order valence-corrected chi connectivity index (χ3v) is 8.76. The normalized spacial score (nSPS) is 16.8. The molecule has 0 bridgehead atoms. The van der Waals surface area contributed by atoms with Crippen molar-refractivity contribution < 1.29 is 23.5 Å². The maximum absolute atomic E-state index is 13.9. The first kappa shape index (κ1) is 28.1. The number of hydrogen-bond acceptors (Lipinski definition) is 11. The molecule has 1 aromatic heterocycles. The average Bonchev–Trinajstić information content (AvgIpc) is 3.45. The first-order valence-electron chi connectivity index (χ1n) is 12.5. The standard InChI is InChI=1S/C28H25FN6O4S2/c1-38-21-11-10-15(12-22(21)39-2)24-16(13-30)26(31)35(19-8-5-9-20(36)25(19)24)27-33-34-28(41-27)40-14-23(37)32-18-7-4-3-6-17(18)29/h3-4,6-7,10-12,24H,5,8-9,14,31H2,1-2H3,(H,32,37). The van der Waals surface area contributed by atoms with Crippen molar-refractivity contribution >= 4 is 45.6 Å². The molecule has 0 saturated heterocycles. The van der Waals surface area contributed by atoms with Gasteiger partial charge < -0.3 is 20.5 Å². The summed E-state index contributed by atoms with van der Waals surface area (Å²) in [7, 11) is 3.05. The van der Waals surface area contributed by atoms with Gasteiger partial charge >= 0.3 is 0 Å². The smallest absolute Gasteiger partial charge is 0.234 e. The van der Waals surface area contributed by atoms with Gasteiger partial charge in [-0.1, -0.05) is 41.3 Å². The Labute approximate surface area is 243 Å². The Hall–Kier alpha value is -4.41. The third-order valence-electron chi connectivity index (χ3n) is 6.72. The molecule has 2 aliphatic rings. The summed E-state index contributed by atoms with van der Waals surface area (Å²) in [6, 6.07) is 13.4. The molecule has 2 heterocycles. The number of rotatable bonds is 8. The minimum atomic E-state index is -0.678. The zero-order valence-corrected chi connectivity index (χ0v) is 23.8. The largest absolute Gasteiger partial charge is 0.493 e. The molecule has 1 atom stereocenters. The number of ketones is 1. The van der Waals surface area contributed by atoms with E-state index in [0.717, 1.165) is 11.8 Å². The van der Waals surface area contributed by atoms with Crippen LogP contribution in [0, 0.1) is 17.1 Å². The lowest BCUT2D eigenvalue weighted by Gasteiger charge is -2.38. The summed E-state index contributed by atoms with van der Waals surface area (Å²) in [6.45, 7) is 0. The van der Waals surface area contributed by atoms with Crippen LogP contribution in [-0.2, 0) is 9.59 Å². The van der Waals surface area contributed by atoms with Crippen molar-refractivity contribution in [3.63, 3.8) is 0 Å². The molecular formula is C28H25FN6O4S2. The van der Waals surface area contributed by atoms with Crippen molar-refractivity contribution in [2.24, 2.45) is 5.73 Å². The van der Waals surface area contributed by atoms with Crippen LogP contribution < -0.4 is 25.4 Å². The zero-order valence-electron chi connectivity index (χ0n) is 22.1. The highest BCUT2D eigenvalue weighted by molar-refractivity contribution is 8.01. The molecule has 2 aromatic carbocycles. The fourth-order valence-electron chi connectivity index (χ4n) is 4.90. The van der Waals surface area contributed by atoms with Gasteiger partial charge in [-0.15, -0.1) is 10.2 Å². The van der Waals surface area contributed by atoms with Gasteiger partial charge in [-0.2, -0.15) is 5.26 Å². The minimum absolute atomic E-state index is 0.0223. The van der Waals surface area contributed by atoms with E-state index in [1.54, 1.807) is 29.2 Å². The van der Waals surface area contributed by atoms with Gasteiger partial charge in [-0.3, -0.25) is 14.5 Å². The number of carbonyl (C=O) groups excluding carboxylic acids is 2. The van der Waals surface area contributed by atoms with Crippen LogP contribution in [0.25, 0.3) is 0 Å². The summed E-state index contributed by atoms with van der Waals surface area (Å²) in [6.07, 6.45) is 1.53. The SMILES string of the molecule is COc1ccc(C2C(C#N)=C(N)N(c3nnc(SCC(=O)Nc4ccccc4F)s3)C3=C2C(=O)CCC3)cc1OC. The van der Waals surface area contributed by atoms with Crippen molar-refractivity contribution in [1.29, 1.82) is 5.26 Å². The van der Waals surface area contributed by atoms with E-state index in [1.165, 1.54) is 43.8 Å². The van der Waals surface area contributed by atoms with E-state index < -0.39 is 17.6 Å². The van der Waals surface area contributed by atoms with Gasteiger partial charge in [0.15, 0.2) is 21.6 Å². The topological polar surface area (TPSA) is 143 Å². The predicted molar refractivity (Wildman–Crippen MR) is 153 cm³/mol. The number of amides is 1. The number of thioether (sulfide) groups is 1. The average molecular weight is 593 g/mol. The Bertz CT molecular complexity index is 1630. The molecule has 13 heteroatoms. The van der Waals surface area contributed by atoms with Gasteiger partial charge in [0.2, 0.25) is 11.0 Å². The van der Waals surface area contributed by atoms with Gasteiger partial charge in [-0.25, -0.2) is 4.39 Å². The van der Waals surface area contributed by atoms with Crippen LogP contribution >= 0.6 is 23.1 Å². The number of carbonyl (C=O) groups is 2. The van der Waals surface area contributed by atoms with Crippen LogP contribution in [0.15, 0.2) is 69.5 Å². The predicted octanol–water partition coefficient (Wildman–Crippen LogP) is 4.73. The Morgan fingerprint density at radius 3 is 2.73 bits per heavy atom. The molecule has 0 spiro atoms. The van der Waals surface area contributed by atoms with Crippen molar-refractivity contribution in [1.82, 2.24) is 10.2 Å². The lowest BCUT2D eigenvalue weighted by Crippen LogP contribution is -2.38. The second kappa shape index (κ2) is 12.0. The number of aromatic nitrogens is 2. The van der Waals surface area contributed by atoms with E-state index in [2.05, 4.69) is 21.6 Å². The molecule has 1 aliphatic carbocycles. The lowest BCUT2D eigenvalue weighted by atomic mass is 9.75. The Kier molecular flexibility index (Phi) is 8.23. The number of allylic oxidation sites excluding steroid dienone is 3. The molecule has 3 N–H and O–H groups in total. The number of ether oxygens (including phenoxy) is 2. The molecule has 0 saturated carbocycles. The highest BCUT2D eigenvalue weighted by atomic mass is 32.2. The van der Waals surface area contributed by atoms with E-state index in [4.69, 9.17) is 15.2 Å². The van der Waals surface area contributed by atoms with E-state index in [1.807, 2.05) is 0 Å². The van der Waals surface area contributed by atoms with Crippen LogP contribution in [0.2, 0.25) is 0 Å². The molecule has 3 aromatic rings. The van der Waals surface area contributed by atoms with Gasteiger partial charge in [0.25, 0.3) is 0 Å². The lowest BCUT2D eigenvalue weighted by molar-refractivity contribution is -0.116. The number of Topliss-reactive ketones (excluding diaryl/α,β-unsaturated/α-hetero) is 1. The maximum Gasteiger partial charge on any atom is 0.234 e. The summed E-state index contributed by atoms with van der Waals surface area (Å²) in [5.74, 6) is -0.545. The van der Waals surface area contributed by atoms with Crippen LogP contribution in [0.4, 0.5) is 15.2 Å². The van der Waals surface area contributed by atoms with Crippen molar-refractivity contribution in [3.05, 3.63) is 76.5 Å². The molecule has 5 rings (SSSR count). The van der Waals surface area contributed by atoms with E-state index in [-0.39, 0.29) is 28.6 Å². The monoisotopic (exact) mass is 592 g/mol. The van der Waals surface area contributed by atoms with Crippen LogP contribution in [0.5, 0.6) is 11.5 Å². The van der Waals surface area contributed by atoms with Crippen LogP contribution in [0.3, 0.4) is 0 Å². The molecule has 1 unspecified atom stereocenters. The second-order valence-corrected chi connectivity index (χ2v) is 11.3. The summed E-state index contributed by atoms with van der Waals surface area (Å²) in [5.41, 5.74) is 8.76. The highest BCUT2D eigenvalue weighted by Gasteiger charge is 2.41. The number of benzene rings is 2. The maximum atomic E-state index is 13.9. The van der Waals surface area contributed by atoms with E-state index in [0.29, 0.717) is 57.1 Å². The molecule has 210 valence electrons. The molecule has 1 amide bonds. The molecule has 41 heavy (non-hydrogen) atoms. The second-order valence-electron chi connectivity index (χ2n) is 9.10. The number of nitriles is 1. The number of nitrogens with one attached hydrogen (secondary N) is 1. The number of methoxy groups -OCH3 is 2. The number of para-hydroxylation sites is 1. The van der Waals surface area contributed by atoms with Crippen molar-refractivity contribution in [3.8, 4) is 17.6 Å². The summed E-state index contributed by atoms with van der Waals surface area (Å²) >= 11 is 2.31. The van der Waals surface area contributed by atoms with E-state index >= 15 is 0 Å². The van der Waals surface area contributed by atoms with Crippen molar-refractivity contribution in [2.45, 2.75) is 29.5 Å². The third kappa shape index (κ3) is 5.48. The van der Waals surface area contributed by atoms with Crippen LogP contribution in [-0.4, -0.2) is 41.9 Å². The molecule has 1 aliphatic heterocycles. The fourth-order valence-corrected chi connectivity index (χ4v) is 6.58. The Morgan fingerprint density at radius 1 is 1.22 bits per heavy atom. The fraction of sp³-hybridized carbons (Fsp3) is 0.250. The molecule has 0 fully saturated rings. The zero-order chi connectivity index (χ0) is 29.1. The summed E-state index contributed by atoms with van der Waals surface area (Å²) < 4.78 is 25.2. The Balaban J connectivity index is 1.45. The number of nitrogens with zero attached hydrogens (tertiary/aromatic N) is 4. The number of anilines is 2. The summed E-state index contributed by atoms with van der Waals surface area (Å²) in [4.78, 5) is 27.4. The number of halogens is 1. The number of hydrogen-bond donors (Lipinski definition) is 2. The van der Waals surface area contributed by atoms with Gasteiger partial charge in [-0.05, 0) is 42.7 Å². The van der Waals surface area contributed by atoms with E-state index in [9.17, 15) is 19.2 Å². The first-order chi connectivity index (χ1) is 19.9. The molecule has 0 radical (unpaired) electrons. The molecular weight excluding hydrogens is 567 g/mol. The van der Waals surface area contributed by atoms with Gasteiger partial charge in [0, 0.05) is 17.7 Å². The highest BCUT2D eigenvalue weighted by Crippen LogP contribution is 2.48. The van der Waals surface area contributed by atoms with Gasteiger partial charge in [0.05, 0.1) is 43.2 Å². The van der Waals surface area contributed by atoms with Crippen molar-refractivity contribution in [2.75, 3.05) is 30.2 Å². The minimum Gasteiger partial charge on any atom is -0.493 e. The molecule has 10 nitrogen and oxygen atoms in total. The first-order valence-corrected chi connectivity index (χ1v) is 14.3. The van der Waals surface area contributed by atoms with Gasteiger partial charge in [0.1, 0.15) is 11.6 Å².